The molecule has 1 heterocycles. The minimum atomic E-state index is -4.62. The van der Waals surface area contributed by atoms with Gasteiger partial charge in [-0.2, -0.15) is 0 Å². The lowest BCUT2D eigenvalue weighted by Crippen LogP contribution is -2.34. The molecule has 1 aliphatic rings. The maximum absolute atomic E-state index is 12.0. The third kappa shape index (κ3) is 5.11. The van der Waals surface area contributed by atoms with Crippen LogP contribution in [0.3, 0.4) is 0 Å². The lowest BCUT2D eigenvalue weighted by molar-refractivity contribution is -0.274. The molecule has 19 heavy (non-hydrogen) atoms. The molecule has 0 radical (unpaired) electrons. The number of halogens is 3. The molecule has 1 aromatic carbocycles. The summed E-state index contributed by atoms with van der Waals surface area (Å²) in [6.45, 7) is 1.07. The summed E-state index contributed by atoms with van der Waals surface area (Å²) in [4.78, 5) is 0. The Labute approximate surface area is 111 Å². The molecule has 0 spiro atoms. The van der Waals surface area contributed by atoms with Gasteiger partial charge in [0, 0.05) is 6.04 Å². The van der Waals surface area contributed by atoms with E-state index in [0.29, 0.717) is 6.04 Å². The Morgan fingerprint density at radius 3 is 2.47 bits per heavy atom. The second-order valence-corrected chi connectivity index (χ2v) is 4.88. The van der Waals surface area contributed by atoms with E-state index in [0.717, 1.165) is 24.9 Å². The Balaban J connectivity index is 1.81. The van der Waals surface area contributed by atoms with Gasteiger partial charge < -0.3 is 10.1 Å². The van der Waals surface area contributed by atoms with Gasteiger partial charge in [0.05, 0.1) is 0 Å². The van der Waals surface area contributed by atoms with Crippen molar-refractivity contribution in [2.75, 3.05) is 6.54 Å². The summed E-state index contributed by atoms with van der Waals surface area (Å²) >= 11 is 0. The van der Waals surface area contributed by atoms with Crippen molar-refractivity contribution in [1.29, 1.82) is 0 Å². The van der Waals surface area contributed by atoms with E-state index in [-0.39, 0.29) is 5.75 Å². The maximum atomic E-state index is 12.0. The highest BCUT2D eigenvalue weighted by molar-refractivity contribution is 5.27. The molecule has 2 rings (SSSR count). The van der Waals surface area contributed by atoms with Gasteiger partial charge in [0.2, 0.25) is 0 Å². The van der Waals surface area contributed by atoms with Gasteiger partial charge in [-0.3, -0.25) is 0 Å². The van der Waals surface area contributed by atoms with E-state index in [1.165, 1.54) is 31.4 Å². The Hall–Kier alpha value is -1.23. The number of aryl methyl sites for hydroxylation is 1. The zero-order chi connectivity index (χ0) is 13.7. The van der Waals surface area contributed by atoms with Crippen LogP contribution in [0.5, 0.6) is 5.75 Å². The second kappa shape index (κ2) is 6.28. The number of alkyl halides is 3. The molecule has 1 unspecified atom stereocenters. The number of ether oxygens (including phenoxy) is 1. The van der Waals surface area contributed by atoms with Crippen LogP contribution in [-0.4, -0.2) is 18.9 Å². The summed E-state index contributed by atoms with van der Waals surface area (Å²) < 4.78 is 39.8. The summed E-state index contributed by atoms with van der Waals surface area (Å²) in [7, 11) is 0. The van der Waals surface area contributed by atoms with Gasteiger partial charge >= 0.3 is 6.36 Å². The largest absolute Gasteiger partial charge is 0.573 e. The lowest BCUT2D eigenvalue weighted by Gasteiger charge is -2.23. The molecule has 1 aliphatic heterocycles. The van der Waals surface area contributed by atoms with Crippen molar-refractivity contribution in [2.45, 2.75) is 44.5 Å². The molecule has 0 bridgehead atoms. The van der Waals surface area contributed by atoms with Gasteiger partial charge in [0.1, 0.15) is 5.75 Å². The molecule has 2 nitrogen and oxygen atoms in total. The van der Waals surface area contributed by atoms with Crippen LogP contribution in [0, 0.1) is 0 Å². The first kappa shape index (κ1) is 14.2. The van der Waals surface area contributed by atoms with Crippen LogP contribution in [-0.2, 0) is 6.42 Å². The van der Waals surface area contributed by atoms with E-state index in [1.54, 1.807) is 12.1 Å². The molecule has 106 valence electrons. The molecular weight excluding hydrogens is 255 g/mol. The summed E-state index contributed by atoms with van der Waals surface area (Å²) in [6.07, 6.45) is 0.974. The van der Waals surface area contributed by atoms with Crippen molar-refractivity contribution >= 4 is 0 Å². The van der Waals surface area contributed by atoms with E-state index in [9.17, 15) is 13.2 Å². The minimum absolute atomic E-state index is 0.160. The Morgan fingerprint density at radius 1 is 1.16 bits per heavy atom. The summed E-state index contributed by atoms with van der Waals surface area (Å²) in [5, 5.41) is 3.46. The Kier molecular flexibility index (Phi) is 4.69. The molecule has 0 aromatic heterocycles. The average molecular weight is 273 g/mol. The number of rotatable bonds is 4. The molecule has 1 saturated heterocycles. The molecule has 1 N–H and O–H groups in total. The quantitative estimate of drug-likeness (QED) is 0.904. The van der Waals surface area contributed by atoms with Crippen LogP contribution in [0.2, 0.25) is 0 Å². The fraction of sp³-hybridized carbons (Fsp3) is 0.571. The molecule has 0 amide bonds. The van der Waals surface area contributed by atoms with Crippen LogP contribution >= 0.6 is 0 Å². The maximum Gasteiger partial charge on any atom is 0.573 e. The van der Waals surface area contributed by atoms with Gasteiger partial charge in [0.25, 0.3) is 0 Å². The minimum Gasteiger partial charge on any atom is -0.406 e. The predicted octanol–water partition coefficient (Wildman–Crippen LogP) is 3.66. The third-order valence-electron chi connectivity index (χ3n) is 3.35. The van der Waals surface area contributed by atoms with E-state index >= 15 is 0 Å². The highest BCUT2D eigenvalue weighted by atomic mass is 19.4. The third-order valence-corrected chi connectivity index (χ3v) is 3.35. The normalized spacial score (nSPS) is 20.3. The van der Waals surface area contributed by atoms with E-state index in [2.05, 4.69) is 10.1 Å². The summed E-state index contributed by atoms with van der Waals surface area (Å²) in [5.41, 5.74) is 1.04. The van der Waals surface area contributed by atoms with Gasteiger partial charge in [-0.25, -0.2) is 0 Å². The first-order chi connectivity index (χ1) is 9.03. The van der Waals surface area contributed by atoms with Crippen molar-refractivity contribution < 1.29 is 17.9 Å². The number of nitrogens with one attached hydrogen (secondary N) is 1. The van der Waals surface area contributed by atoms with E-state index < -0.39 is 6.36 Å². The average Bonchev–Trinajstić information content (AvgIpc) is 2.37. The molecule has 0 saturated carbocycles. The molecule has 1 atom stereocenters. The number of hydrogen-bond acceptors (Lipinski definition) is 2. The SMILES string of the molecule is FC(F)(F)Oc1ccc(CCC2CCCCN2)cc1. The van der Waals surface area contributed by atoms with Crippen molar-refractivity contribution in [2.24, 2.45) is 0 Å². The van der Waals surface area contributed by atoms with Crippen LogP contribution in [0.15, 0.2) is 24.3 Å². The van der Waals surface area contributed by atoms with Crippen molar-refractivity contribution in [3.63, 3.8) is 0 Å². The Morgan fingerprint density at radius 2 is 1.89 bits per heavy atom. The monoisotopic (exact) mass is 273 g/mol. The number of piperidine rings is 1. The smallest absolute Gasteiger partial charge is 0.406 e. The number of benzene rings is 1. The fourth-order valence-corrected chi connectivity index (χ4v) is 2.37. The van der Waals surface area contributed by atoms with Gasteiger partial charge in [-0.15, -0.1) is 13.2 Å². The molecule has 5 heteroatoms. The van der Waals surface area contributed by atoms with Crippen molar-refractivity contribution in [3.05, 3.63) is 29.8 Å². The highest BCUT2D eigenvalue weighted by Crippen LogP contribution is 2.23. The van der Waals surface area contributed by atoms with Crippen LogP contribution < -0.4 is 10.1 Å². The lowest BCUT2D eigenvalue weighted by atomic mass is 9.98. The van der Waals surface area contributed by atoms with Crippen LogP contribution in [0.4, 0.5) is 13.2 Å². The standard InChI is InChI=1S/C14H18F3NO/c15-14(16,17)19-13-8-5-11(6-9-13)4-7-12-3-1-2-10-18-12/h5-6,8-9,12,18H,1-4,7,10H2. The summed E-state index contributed by atoms with van der Waals surface area (Å²) in [5.74, 6) is -0.160. The van der Waals surface area contributed by atoms with Gasteiger partial charge in [0.15, 0.2) is 0 Å². The zero-order valence-electron chi connectivity index (χ0n) is 10.7. The van der Waals surface area contributed by atoms with E-state index in [4.69, 9.17) is 0 Å². The molecule has 1 aromatic rings. The predicted molar refractivity (Wildman–Crippen MR) is 67.1 cm³/mol. The van der Waals surface area contributed by atoms with Gasteiger partial charge in [-0.1, -0.05) is 18.6 Å². The molecular formula is C14H18F3NO. The van der Waals surface area contributed by atoms with Crippen LogP contribution in [0.25, 0.3) is 0 Å². The summed E-state index contributed by atoms with van der Waals surface area (Å²) in [6, 6.07) is 6.68. The van der Waals surface area contributed by atoms with E-state index in [1.807, 2.05) is 0 Å². The number of hydrogen-bond donors (Lipinski definition) is 1. The fourth-order valence-electron chi connectivity index (χ4n) is 2.37. The topological polar surface area (TPSA) is 21.3 Å². The van der Waals surface area contributed by atoms with Crippen LogP contribution in [0.1, 0.15) is 31.2 Å². The first-order valence-electron chi connectivity index (χ1n) is 6.61. The second-order valence-electron chi connectivity index (χ2n) is 4.88. The highest BCUT2D eigenvalue weighted by Gasteiger charge is 2.30. The van der Waals surface area contributed by atoms with Gasteiger partial charge in [-0.05, 0) is 49.9 Å². The van der Waals surface area contributed by atoms with Crippen molar-refractivity contribution in [3.8, 4) is 5.75 Å². The zero-order valence-corrected chi connectivity index (χ0v) is 10.7. The van der Waals surface area contributed by atoms with Crippen molar-refractivity contribution in [1.82, 2.24) is 5.32 Å². The Bertz CT molecular complexity index is 383. The first-order valence-corrected chi connectivity index (χ1v) is 6.61. The molecule has 1 fully saturated rings. The molecule has 0 aliphatic carbocycles.